The van der Waals surface area contributed by atoms with Crippen molar-refractivity contribution in [2.24, 2.45) is 0 Å². The van der Waals surface area contributed by atoms with Gasteiger partial charge in [-0.05, 0) is 41.3 Å². The lowest BCUT2D eigenvalue weighted by Crippen LogP contribution is -2.21. The zero-order valence-electron chi connectivity index (χ0n) is 11.5. The third-order valence-corrected chi connectivity index (χ3v) is 3.76. The average molecular weight is 314 g/mol. The number of pyridine rings is 1. The highest BCUT2D eigenvalue weighted by molar-refractivity contribution is 6.31. The van der Waals surface area contributed by atoms with Gasteiger partial charge in [0.05, 0.1) is 12.1 Å². The molecule has 2 aromatic carbocycles. The Morgan fingerprint density at radius 1 is 1.14 bits per heavy atom. The first-order valence-corrected chi connectivity index (χ1v) is 7.04. The molecule has 0 unspecified atom stereocenters. The molecule has 0 aliphatic rings. The molecular formula is C17H12ClNO3. The fourth-order valence-corrected chi connectivity index (χ4v) is 2.61. The first-order chi connectivity index (χ1) is 10.6. The zero-order valence-corrected chi connectivity index (χ0v) is 12.2. The Hall–Kier alpha value is -2.59. The number of hydrogen-bond acceptors (Lipinski definition) is 2. The van der Waals surface area contributed by atoms with E-state index in [1.165, 1.54) is 10.6 Å². The highest BCUT2D eigenvalue weighted by atomic mass is 35.5. The molecule has 1 aromatic heterocycles. The van der Waals surface area contributed by atoms with Crippen molar-refractivity contribution < 1.29 is 9.90 Å². The molecule has 0 bridgehead atoms. The van der Waals surface area contributed by atoms with E-state index < -0.39 is 5.97 Å². The van der Waals surface area contributed by atoms with Crippen LogP contribution in [0.25, 0.3) is 10.8 Å². The summed E-state index contributed by atoms with van der Waals surface area (Å²) in [6.07, 6.45) is 1.65. The van der Waals surface area contributed by atoms with E-state index in [9.17, 15) is 14.7 Å². The molecule has 1 N–H and O–H groups in total. The van der Waals surface area contributed by atoms with E-state index in [1.807, 2.05) is 0 Å². The first kappa shape index (κ1) is 14.4. The van der Waals surface area contributed by atoms with Gasteiger partial charge in [0, 0.05) is 16.6 Å². The number of aromatic carboxylic acids is 1. The van der Waals surface area contributed by atoms with Crippen LogP contribution in [-0.4, -0.2) is 15.6 Å². The van der Waals surface area contributed by atoms with Crippen LogP contribution in [0.15, 0.2) is 59.5 Å². The number of carboxylic acids is 1. The van der Waals surface area contributed by atoms with Gasteiger partial charge in [-0.2, -0.15) is 0 Å². The molecule has 0 fully saturated rings. The predicted molar refractivity (Wildman–Crippen MR) is 85.7 cm³/mol. The SMILES string of the molecule is O=C(O)c1ccccc1Cn1ccc2cc(Cl)ccc2c1=O. The number of fused-ring (bicyclic) bond motifs is 1. The maximum Gasteiger partial charge on any atom is 0.336 e. The molecule has 5 heteroatoms. The lowest BCUT2D eigenvalue weighted by Gasteiger charge is -2.10. The van der Waals surface area contributed by atoms with Crippen molar-refractivity contribution in [2.45, 2.75) is 6.54 Å². The number of carboxylic acid groups (broad SMARTS) is 1. The summed E-state index contributed by atoms with van der Waals surface area (Å²) in [4.78, 5) is 23.7. The number of rotatable bonds is 3. The zero-order chi connectivity index (χ0) is 15.7. The summed E-state index contributed by atoms with van der Waals surface area (Å²) in [6.45, 7) is 0.208. The Kier molecular flexibility index (Phi) is 3.69. The molecule has 0 radical (unpaired) electrons. The number of nitrogens with zero attached hydrogens (tertiary/aromatic N) is 1. The van der Waals surface area contributed by atoms with E-state index in [4.69, 9.17) is 11.6 Å². The van der Waals surface area contributed by atoms with Gasteiger partial charge in [0.15, 0.2) is 0 Å². The minimum Gasteiger partial charge on any atom is -0.478 e. The molecule has 3 rings (SSSR count). The summed E-state index contributed by atoms with van der Waals surface area (Å²) in [6, 6.07) is 13.5. The van der Waals surface area contributed by atoms with Crippen molar-refractivity contribution >= 4 is 28.3 Å². The van der Waals surface area contributed by atoms with Crippen LogP contribution in [0.3, 0.4) is 0 Å². The lowest BCUT2D eigenvalue weighted by atomic mass is 10.1. The molecule has 0 aliphatic carbocycles. The van der Waals surface area contributed by atoms with Crippen LogP contribution in [-0.2, 0) is 6.54 Å². The minimum atomic E-state index is -1.00. The van der Waals surface area contributed by atoms with Crippen molar-refractivity contribution in [3.8, 4) is 0 Å². The summed E-state index contributed by atoms with van der Waals surface area (Å²) < 4.78 is 1.50. The maximum atomic E-state index is 12.5. The van der Waals surface area contributed by atoms with Crippen LogP contribution in [0, 0.1) is 0 Å². The van der Waals surface area contributed by atoms with Gasteiger partial charge in [-0.3, -0.25) is 4.79 Å². The molecule has 110 valence electrons. The van der Waals surface area contributed by atoms with E-state index in [1.54, 1.807) is 48.7 Å². The van der Waals surface area contributed by atoms with Crippen LogP contribution in [0.5, 0.6) is 0 Å². The normalized spacial score (nSPS) is 10.8. The van der Waals surface area contributed by atoms with Crippen molar-refractivity contribution in [1.29, 1.82) is 0 Å². The second-order valence-corrected chi connectivity index (χ2v) is 5.38. The van der Waals surface area contributed by atoms with Crippen LogP contribution in [0.2, 0.25) is 5.02 Å². The van der Waals surface area contributed by atoms with E-state index >= 15 is 0 Å². The molecule has 4 nitrogen and oxygen atoms in total. The number of benzene rings is 2. The van der Waals surface area contributed by atoms with Crippen LogP contribution < -0.4 is 5.56 Å². The van der Waals surface area contributed by atoms with Gasteiger partial charge in [-0.25, -0.2) is 4.79 Å². The summed E-state index contributed by atoms with van der Waals surface area (Å²) in [5.74, 6) is -1.00. The average Bonchev–Trinajstić information content (AvgIpc) is 2.50. The molecule has 0 saturated heterocycles. The molecule has 1 heterocycles. The first-order valence-electron chi connectivity index (χ1n) is 6.66. The molecule has 0 spiro atoms. The summed E-state index contributed by atoms with van der Waals surface area (Å²) in [5.41, 5.74) is 0.616. The second kappa shape index (κ2) is 5.66. The van der Waals surface area contributed by atoms with Gasteiger partial charge >= 0.3 is 5.97 Å². The Bertz CT molecular complexity index is 931. The Morgan fingerprint density at radius 3 is 2.68 bits per heavy atom. The topological polar surface area (TPSA) is 59.3 Å². The smallest absolute Gasteiger partial charge is 0.336 e. The Balaban J connectivity index is 2.09. The van der Waals surface area contributed by atoms with Gasteiger partial charge in [0.2, 0.25) is 0 Å². The maximum absolute atomic E-state index is 12.5. The van der Waals surface area contributed by atoms with Gasteiger partial charge < -0.3 is 9.67 Å². The van der Waals surface area contributed by atoms with Gasteiger partial charge in [-0.1, -0.05) is 29.8 Å². The molecule has 0 atom stereocenters. The molecule has 0 aliphatic heterocycles. The molecule has 22 heavy (non-hydrogen) atoms. The van der Waals surface area contributed by atoms with Crippen molar-refractivity contribution in [2.75, 3.05) is 0 Å². The third-order valence-electron chi connectivity index (χ3n) is 3.53. The lowest BCUT2D eigenvalue weighted by molar-refractivity contribution is 0.0695. The van der Waals surface area contributed by atoms with E-state index in [0.29, 0.717) is 16.0 Å². The van der Waals surface area contributed by atoms with Crippen molar-refractivity contribution in [3.63, 3.8) is 0 Å². The Labute approximate surface area is 131 Å². The quantitative estimate of drug-likeness (QED) is 0.806. The molecular weight excluding hydrogens is 302 g/mol. The third kappa shape index (κ3) is 2.61. The Morgan fingerprint density at radius 2 is 1.91 bits per heavy atom. The van der Waals surface area contributed by atoms with Gasteiger partial charge in [-0.15, -0.1) is 0 Å². The standard InChI is InChI=1S/C17H12ClNO3/c18-13-5-6-14-11(9-13)7-8-19(16(14)20)10-12-3-1-2-4-15(12)17(21)22/h1-9H,10H2,(H,21,22). The fourth-order valence-electron chi connectivity index (χ4n) is 2.43. The molecule has 3 aromatic rings. The number of halogens is 1. The number of aromatic nitrogens is 1. The van der Waals surface area contributed by atoms with E-state index in [2.05, 4.69) is 0 Å². The van der Waals surface area contributed by atoms with Crippen molar-refractivity contribution in [3.05, 3.63) is 81.2 Å². The summed E-state index contributed by atoms with van der Waals surface area (Å²) >= 11 is 5.92. The van der Waals surface area contributed by atoms with Crippen LogP contribution in [0.4, 0.5) is 0 Å². The predicted octanol–water partition coefficient (Wildman–Crippen LogP) is 3.40. The highest BCUT2D eigenvalue weighted by Crippen LogP contribution is 2.17. The van der Waals surface area contributed by atoms with Gasteiger partial charge in [0.25, 0.3) is 5.56 Å². The summed E-state index contributed by atoms with van der Waals surface area (Å²) in [5, 5.41) is 11.1. The summed E-state index contributed by atoms with van der Waals surface area (Å²) in [7, 11) is 0. The monoisotopic (exact) mass is 313 g/mol. The molecule has 0 amide bonds. The van der Waals surface area contributed by atoms with E-state index in [0.717, 1.165) is 5.39 Å². The number of hydrogen-bond donors (Lipinski definition) is 1. The van der Waals surface area contributed by atoms with Crippen molar-refractivity contribution in [1.82, 2.24) is 4.57 Å². The largest absolute Gasteiger partial charge is 0.478 e. The van der Waals surface area contributed by atoms with Gasteiger partial charge in [0.1, 0.15) is 0 Å². The highest BCUT2D eigenvalue weighted by Gasteiger charge is 2.11. The van der Waals surface area contributed by atoms with Crippen LogP contribution in [0.1, 0.15) is 15.9 Å². The minimum absolute atomic E-state index is 0.172. The molecule has 0 saturated carbocycles. The number of carbonyl (C=O) groups is 1. The second-order valence-electron chi connectivity index (χ2n) is 4.94. The van der Waals surface area contributed by atoms with E-state index in [-0.39, 0.29) is 17.7 Å². The fraction of sp³-hybridized carbons (Fsp3) is 0.0588. The van der Waals surface area contributed by atoms with Crippen LogP contribution >= 0.6 is 11.6 Å².